The number of hydrogen-bond acceptors (Lipinski definition) is 2. The fourth-order valence-corrected chi connectivity index (χ4v) is 13.0. The molecule has 4 rings (SSSR count). The molecular weight excluding hydrogens is 645 g/mol. The van der Waals surface area contributed by atoms with Crippen molar-refractivity contribution >= 4 is 5.97 Å². The van der Waals surface area contributed by atoms with Crippen LogP contribution in [-0.2, 0) is 9.53 Å². The second-order valence-corrected chi connectivity index (χ2v) is 20.2. The molecule has 53 heavy (non-hydrogen) atoms. The Hall–Kier alpha value is -1.05. The average Bonchev–Trinajstić information content (AvgIpc) is 3.50. The molecule has 2 heteroatoms. The van der Waals surface area contributed by atoms with E-state index in [0.717, 1.165) is 73.0 Å². The van der Waals surface area contributed by atoms with Crippen molar-refractivity contribution in [2.75, 3.05) is 0 Å². The molecule has 4 fully saturated rings. The molecule has 0 N–H and O–H groups in total. The molecule has 0 aromatic carbocycles. The maximum Gasteiger partial charge on any atom is 0.306 e. The lowest BCUT2D eigenvalue weighted by atomic mass is 9.44. The number of allylic oxidation sites excluding steroid dienone is 4. The van der Waals surface area contributed by atoms with E-state index in [1.54, 1.807) is 0 Å². The van der Waals surface area contributed by atoms with Gasteiger partial charge < -0.3 is 4.74 Å². The van der Waals surface area contributed by atoms with E-state index in [1.807, 2.05) is 0 Å². The second kappa shape index (κ2) is 23.2. The summed E-state index contributed by atoms with van der Waals surface area (Å²) in [4.78, 5) is 12.9. The number of carbonyl (C=O) groups excluding carboxylic acids is 1. The molecule has 0 aromatic rings. The highest BCUT2D eigenvalue weighted by Crippen LogP contribution is 2.68. The van der Waals surface area contributed by atoms with Gasteiger partial charge in [0.25, 0.3) is 0 Å². The number of fused-ring (bicyclic) bond motifs is 5. The second-order valence-electron chi connectivity index (χ2n) is 20.2. The number of ether oxygens (including phenoxy) is 1. The van der Waals surface area contributed by atoms with Gasteiger partial charge in [0.15, 0.2) is 0 Å². The van der Waals surface area contributed by atoms with Gasteiger partial charge in [-0.2, -0.15) is 0 Å². The van der Waals surface area contributed by atoms with Gasteiger partial charge in [0.1, 0.15) is 6.10 Å². The van der Waals surface area contributed by atoms with Crippen LogP contribution in [0.5, 0.6) is 0 Å². The van der Waals surface area contributed by atoms with Gasteiger partial charge in [-0.25, -0.2) is 0 Å². The van der Waals surface area contributed by atoms with E-state index in [4.69, 9.17) is 4.74 Å². The summed E-state index contributed by atoms with van der Waals surface area (Å²) in [5, 5.41) is 0. The molecule has 0 aromatic heterocycles. The highest BCUT2D eigenvalue weighted by molar-refractivity contribution is 5.69. The highest BCUT2D eigenvalue weighted by atomic mass is 16.5. The van der Waals surface area contributed by atoms with Gasteiger partial charge in [0, 0.05) is 6.42 Å². The van der Waals surface area contributed by atoms with Crippen LogP contribution in [0.2, 0.25) is 0 Å². The Morgan fingerprint density at radius 1 is 0.660 bits per heavy atom. The van der Waals surface area contributed by atoms with Gasteiger partial charge in [-0.15, -0.1) is 0 Å². The van der Waals surface area contributed by atoms with Crippen molar-refractivity contribution in [1.29, 1.82) is 0 Å². The summed E-state index contributed by atoms with van der Waals surface area (Å²) in [7, 11) is 0. The molecule has 0 aliphatic heterocycles. The topological polar surface area (TPSA) is 26.3 Å². The number of carbonyl (C=O) groups is 1. The monoisotopic (exact) mass is 735 g/mol. The summed E-state index contributed by atoms with van der Waals surface area (Å²) >= 11 is 0. The third-order valence-corrected chi connectivity index (χ3v) is 16.4. The van der Waals surface area contributed by atoms with Crippen LogP contribution in [0.1, 0.15) is 228 Å². The Bertz CT molecular complexity index is 1070. The number of hydrogen-bond donors (Lipinski definition) is 0. The van der Waals surface area contributed by atoms with Crippen molar-refractivity contribution in [3.8, 4) is 0 Å². The molecule has 8 unspecified atom stereocenters. The average molecular weight is 735 g/mol. The molecule has 10 atom stereocenters. The standard InChI is InChI=1S/C51H90O2/c1-8-10-12-14-15-16-17-18-19-20-21-22-23-24-26-28-49(52)53-44-35-37-50(6)43(39-44)31-32-45-47-34-33-46(51(47,7)38-36-48(45)50)41(5)29-30-42(40(3)4)27-25-13-11-9-2/h16-19,40-48H,8-15,20-39H2,1-7H3/t41?,42?,43?,44?,45?,46?,47?,48?,50-,51+/m0/s1. The van der Waals surface area contributed by atoms with Crippen molar-refractivity contribution < 1.29 is 9.53 Å². The SMILES string of the molecule is CCCCCCC=CC=CCCCCCCCC(=O)OC1CC[C@@]2(C)C(CCC3C4CCC(C(C)CCC(CCCCCC)C(C)C)[C@@]4(C)CCC32)C1. The van der Waals surface area contributed by atoms with Crippen LogP contribution in [0.4, 0.5) is 0 Å². The molecule has 4 aliphatic rings. The molecule has 0 heterocycles. The summed E-state index contributed by atoms with van der Waals surface area (Å²) in [5.74, 6) is 7.16. The van der Waals surface area contributed by atoms with E-state index in [-0.39, 0.29) is 12.1 Å². The summed E-state index contributed by atoms with van der Waals surface area (Å²) < 4.78 is 6.20. The van der Waals surface area contributed by atoms with Gasteiger partial charge >= 0.3 is 5.97 Å². The fourth-order valence-electron chi connectivity index (χ4n) is 13.0. The molecule has 0 bridgehead atoms. The lowest BCUT2D eigenvalue weighted by Gasteiger charge is -2.61. The van der Waals surface area contributed by atoms with Crippen LogP contribution in [-0.4, -0.2) is 12.1 Å². The van der Waals surface area contributed by atoms with E-state index in [2.05, 4.69) is 72.8 Å². The highest BCUT2D eigenvalue weighted by Gasteiger charge is 2.60. The first kappa shape index (κ1) is 44.7. The molecule has 0 spiro atoms. The lowest BCUT2D eigenvalue weighted by Crippen LogP contribution is -2.54. The predicted octanol–water partition coefficient (Wildman–Crippen LogP) is 16.0. The van der Waals surface area contributed by atoms with Crippen LogP contribution in [0, 0.1) is 58.2 Å². The largest absolute Gasteiger partial charge is 0.462 e. The van der Waals surface area contributed by atoms with Gasteiger partial charge in [-0.05, 0) is 154 Å². The van der Waals surface area contributed by atoms with Crippen molar-refractivity contribution in [2.24, 2.45) is 58.2 Å². The van der Waals surface area contributed by atoms with Crippen molar-refractivity contribution in [3.63, 3.8) is 0 Å². The quantitative estimate of drug-likeness (QED) is 0.0530. The van der Waals surface area contributed by atoms with Gasteiger partial charge in [0.2, 0.25) is 0 Å². The first-order valence-corrected chi connectivity index (χ1v) is 24.1. The molecule has 4 saturated carbocycles. The van der Waals surface area contributed by atoms with Crippen LogP contribution in [0.15, 0.2) is 24.3 Å². The minimum absolute atomic E-state index is 0.0764. The molecule has 2 nitrogen and oxygen atoms in total. The third kappa shape index (κ3) is 13.0. The Kier molecular flexibility index (Phi) is 19.6. The third-order valence-electron chi connectivity index (χ3n) is 16.4. The van der Waals surface area contributed by atoms with Gasteiger partial charge in [0.05, 0.1) is 0 Å². The molecule has 0 radical (unpaired) electrons. The van der Waals surface area contributed by atoms with E-state index < -0.39 is 0 Å². The zero-order valence-corrected chi connectivity index (χ0v) is 36.6. The van der Waals surface area contributed by atoms with E-state index in [0.29, 0.717) is 17.3 Å². The Morgan fingerprint density at radius 2 is 1.28 bits per heavy atom. The number of esters is 1. The number of rotatable bonds is 25. The zero-order valence-electron chi connectivity index (χ0n) is 36.6. The summed E-state index contributed by atoms with van der Waals surface area (Å²) in [6.45, 7) is 17.7. The molecule has 4 aliphatic carbocycles. The van der Waals surface area contributed by atoms with Crippen LogP contribution < -0.4 is 0 Å². The normalized spacial score (nSPS) is 32.5. The van der Waals surface area contributed by atoms with Crippen molar-refractivity contribution in [2.45, 2.75) is 234 Å². The maximum atomic E-state index is 12.9. The van der Waals surface area contributed by atoms with Crippen LogP contribution >= 0.6 is 0 Å². The summed E-state index contributed by atoms with van der Waals surface area (Å²) in [5.41, 5.74) is 1.02. The van der Waals surface area contributed by atoms with Crippen molar-refractivity contribution in [3.05, 3.63) is 24.3 Å². The van der Waals surface area contributed by atoms with Gasteiger partial charge in [-0.1, -0.05) is 150 Å². The number of unbranched alkanes of at least 4 members (excludes halogenated alkanes) is 12. The maximum absolute atomic E-state index is 12.9. The molecular formula is C51H90O2. The Balaban J connectivity index is 1.13. The van der Waals surface area contributed by atoms with Crippen LogP contribution in [0.25, 0.3) is 0 Å². The first-order chi connectivity index (χ1) is 25.6. The predicted molar refractivity (Wildman–Crippen MR) is 230 cm³/mol. The molecule has 0 saturated heterocycles. The van der Waals surface area contributed by atoms with E-state index >= 15 is 0 Å². The molecule has 0 amide bonds. The van der Waals surface area contributed by atoms with E-state index in [1.165, 1.54) is 148 Å². The van der Waals surface area contributed by atoms with E-state index in [9.17, 15) is 4.79 Å². The molecule has 306 valence electrons. The zero-order chi connectivity index (χ0) is 38.1. The first-order valence-electron chi connectivity index (χ1n) is 24.1. The van der Waals surface area contributed by atoms with Crippen LogP contribution in [0.3, 0.4) is 0 Å². The minimum atomic E-state index is 0.0764. The summed E-state index contributed by atoms with van der Waals surface area (Å²) in [6, 6.07) is 0. The fraction of sp³-hybridized carbons (Fsp3) is 0.902. The van der Waals surface area contributed by atoms with Gasteiger partial charge in [-0.3, -0.25) is 4.79 Å². The summed E-state index contributed by atoms with van der Waals surface area (Å²) in [6.07, 6.45) is 45.7. The minimum Gasteiger partial charge on any atom is -0.462 e. The smallest absolute Gasteiger partial charge is 0.306 e. The Morgan fingerprint density at radius 3 is 1.98 bits per heavy atom. The lowest BCUT2D eigenvalue weighted by molar-refractivity contribution is -0.162. The Labute approximate surface area is 331 Å². The van der Waals surface area contributed by atoms with Crippen molar-refractivity contribution in [1.82, 2.24) is 0 Å².